The number of nitro benzene ring substituents is 1. The molecule has 1 amide bonds. The maximum Gasteiger partial charge on any atom is 0.274 e. The highest BCUT2D eigenvalue weighted by Gasteiger charge is 2.31. The Hall–Kier alpha value is -2.35. The fourth-order valence-electron chi connectivity index (χ4n) is 2.15. The summed E-state index contributed by atoms with van der Waals surface area (Å²) in [7, 11) is 0. The zero-order valence-corrected chi connectivity index (χ0v) is 9.92. The first-order valence-corrected chi connectivity index (χ1v) is 5.55. The predicted octanol–water partition coefficient (Wildman–Crippen LogP) is 1.89. The molecule has 0 bridgehead atoms. The van der Waals surface area contributed by atoms with Crippen LogP contribution in [0.4, 0.5) is 11.4 Å². The van der Waals surface area contributed by atoms with Gasteiger partial charge in [-0.05, 0) is 13.0 Å². The molecule has 1 fully saturated rings. The fraction of sp³-hybridized carbons (Fsp3) is 0.308. The Labute approximate surface area is 105 Å². The zero-order valence-electron chi connectivity index (χ0n) is 9.92. The molecule has 1 aromatic carbocycles. The van der Waals surface area contributed by atoms with Crippen LogP contribution in [0.25, 0.3) is 0 Å². The molecular weight excluding hydrogens is 232 g/mol. The molecule has 1 unspecified atom stereocenters. The zero-order chi connectivity index (χ0) is 13.3. The van der Waals surface area contributed by atoms with Gasteiger partial charge in [-0.25, -0.2) is 0 Å². The van der Waals surface area contributed by atoms with Crippen LogP contribution >= 0.6 is 0 Å². The van der Waals surface area contributed by atoms with E-state index in [9.17, 15) is 14.9 Å². The molecule has 1 aliphatic heterocycles. The molecule has 1 aliphatic rings. The third-order valence-corrected chi connectivity index (χ3v) is 3.12. The van der Waals surface area contributed by atoms with Crippen molar-refractivity contribution in [1.82, 2.24) is 0 Å². The molecule has 0 aromatic heterocycles. The molecule has 92 valence electrons. The molecule has 0 N–H and O–H groups in total. The van der Waals surface area contributed by atoms with E-state index < -0.39 is 4.92 Å². The van der Waals surface area contributed by atoms with Gasteiger partial charge in [-0.15, -0.1) is 12.3 Å². The molecule has 0 spiro atoms. The van der Waals surface area contributed by atoms with Crippen LogP contribution in [0.5, 0.6) is 0 Å². The number of hydrogen-bond acceptors (Lipinski definition) is 3. The van der Waals surface area contributed by atoms with Crippen molar-refractivity contribution in [2.45, 2.75) is 13.3 Å². The molecular formula is C13H12N2O3. The minimum atomic E-state index is -0.446. The Morgan fingerprint density at radius 2 is 2.28 bits per heavy atom. The quantitative estimate of drug-likeness (QED) is 0.453. The fourth-order valence-corrected chi connectivity index (χ4v) is 2.15. The van der Waals surface area contributed by atoms with E-state index in [0.29, 0.717) is 24.2 Å². The Morgan fingerprint density at radius 3 is 2.83 bits per heavy atom. The van der Waals surface area contributed by atoms with Crippen LogP contribution < -0.4 is 4.90 Å². The van der Waals surface area contributed by atoms with E-state index in [0.717, 1.165) is 0 Å². The van der Waals surface area contributed by atoms with E-state index in [4.69, 9.17) is 6.42 Å². The van der Waals surface area contributed by atoms with Gasteiger partial charge in [0.15, 0.2) is 0 Å². The maximum atomic E-state index is 11.8. The molecule has 5 nitrogen and oxygen atoms in total. The van der Waals surface area contributed by atoms with E-state index >= 15 is 0 Å². The number of nitro groups is 1. The molecule has 5 heteroatoms. The van der Waals surface area contributed by atoms with E-state index in [1.54, 1.807) is 19.1 Å². The standard InChI is InChI=1S/C13H12N2O3/c1-3-10-7-13(16)14(8-10)11-5-4-6-12(9(11)2)15(17)18/h1,4-6,10H,7-8H2,2H3. The number of carbonyl (C=O) groups excluding carboxylic acids is 1. The van der Waals surface area contributed by atoms with Gasteiger partial charge in [0.05, 0.1) is 16.2 Å². The minimum absolute atomic E-state index is 0.0180. The lowest BCUT2D eigenvalue weighted by Gasteiger charge is -2.18. The number of benzene rings is 1. The third-order valence-electron chi connectivity index (χ3n) is 3.12. The predicted molar refractivity (Wildman–Crippen MR) is 67.1 cm³/mol. The number of carbonyl (C=O) groups is 1. The smallest absolute Gasteiger partial charge is 0.274 e. The third kappa shape index (κ3) is 1.93. The molecule has 1 heterocycles. The van der Waals surface area contributed by atoms with Crippen LogP contribution in [-0.2, 0) is 4.79 Å². The Balaban J connectivity index is 2.41. The van der Waals surface area contributed by atoms with Gasteiger partial charge in [-0.1, -0.05) is 6.07 Å². The normalized spacial score (nSPS) is 18.8. The van der Waals surface area contributed by atoms with Crippen molar-refractivity contribution in [3.63, 3.8) is 0 Å². The molecule has 2 rings (SSSR count). The van der Waals surface area contributed by atoms with Crippen LogP contribution in [-0.4, -0.2) is 17.4 Å². The average molecular weight is 244 g/mol. The van der Waals surface area contributed by atoms with Crippen LogP contribution in [0, 0.1) is 35.3 Å². The monoisotopic (exact) mass is 244 g/mol. The van der Waals surface area contributed by atoms with Crippen molar-refractivity contribution in [2.75, 3.05) is 11.4 Å². The topological polar surface area (TPSA) is 63.5 Å². The summed E-state index contributed by atoms with van der Waals surface area (Å²) in [5.74, 6) is 2.36. The van der Waals surface area contributed by atoms with Gasteiger partial charge in [-0.3, -0.25) is 14.9 Å². The van der Waals surface area contributed by atoms with E-state index in [2.05, 4.69) is 5.92 Å². The Bertz CT molecular complexity index is 560. The van der Waals surface area contributed by atoms with Crippen LogP contribution in [0.1, 0.15) is 12.0 Å². The van der Waals surface area contributed by atoms with Gasteiger partial charge in [-0.2, -0.15) is 0 Å². The highest BCUT2D eigenvalue weighted by molar-refractivity contribution is 5.97. The summed E-state index contributed by atoms with van der Waals surface area (Å²) >= 11 is 0. The van der Waals surface area contributed by atoms with E-state index in [-0.39, 0.29) is 17.5 Å². The van der Waals surface area contributed by atoms with Crippen molar-refractivity contribution in [3.05, 3.63) is 33.9 Å². The van der Waals surface area contributed by atoms with Gasteiger partial charge in [0, 0.05) is 24.9 Å². The Kier molecular flexibility index (Phi) is 3.02. The van der Waals surface area contributed by atoms with Crippen molar-refractivity contribution >= 4 is 17.3 Å². The molecule has 0 saturated carbocycles. The van der Waals surface area contributed by atoms with Gasteiger partial charge in [0.25, 0.3) is 5.69 Å². The summed E-state index contributed by atoms with van der Waals surface area (Å²) in [6, 6.07) is 4.72. The number of nitrogens with zero attached hydrogens (tertiary/aromatic N) is 2. The number of amides is 1. The van der Waals surface area contributed by atoms with Crippen molar-refractivity contribution in [1.29, 1.82) is 0 Å². The first-order chi connectivity index (χ1) is 8.54. The second-order valence-electron chi connectivity index (χ2n) is 4.25. The van der Waals surface area contributed by atoms with Crippen molar-refractivity contribution < 1.29 is 9.72 Å². The lowest BCUT2D eigenvalue weighted by Crippen LogP contribution is -2.25. The summed E-state index contributed by atoms with van der Waals surface area (Å²) in [6.45, 7) is 2.07. The summed E-state index contributed by atoms with van der Waals surface area (Å²) in [6.07, 6.45) is 5.62. The van der Waals surface area contributed by atoms with E-state index in [1.165, 1.54) is 11.0 Å². The minimum Gasteiger partial charge on any atom is -0.311 e. The average Bonchev–Trinajstić information content (AvgIpc) is 2.70. The van der Waals surface area contributed by atoms with Gasteiger partial charge in [0.1, 0.15) is 0 Å². The highest BCUT2D eigenvalue weighted by Crippen LogP contribution is 2.32. The van der Waals surface area contributed by atoms with Crippen molar-refractivity contribution in [2.24, 2.45) is 5.92 Å². The molecule has 1 saturated heterocycles. The lowest BCUT2D eigenvalue weighted by molar-refractivity contribution is -0.385. The number of terminal acetylenes is 1. The molecule has 1 atom stereocenters. The number of rotatable bonds is 2. The second-order valence-corrected chi connectivity index (χ2v) is 4.25. The summed E-state index contributed by atoms with van der Waals surface area (Å²) in [4.78, 5) is 23.8. The van der Waals surface area contributed by atoms with Crippen LogP contribution in [0.2, 0.25) is 0 Å². The van der Waals surface area contributed by atoms with Gasteiger partial charge < -0.3 is 4.90 Å². The lowest BCUT2D eigenvalue weighted by atomic mass is 10.1. The van der Waals surface area contributed by atoms with Crippen molar-refractivity contribution in [3.8, 4) is 12.3 Å². The second kappa shape index (κ2) is 4.49. The number of hydrogen-bond donors (Lipinski definition) is 0. The summed E-state index contributed by atoms with van der Waals surface area (Å²) < 4.78 is 0. The SMILES string of the molecule is C#CC1CC(=O)N(c2cccc([N+](=O)[O-])c2C)C1. The highest BCUT2D eigenvalue weighted by atomic mass is 16.6. The number of anilines is 1. The van der Waals surface area contributed by atoms with Crippen LogP contribution in [0.15, 0.2) is 18.2 Å². The van der Waals surface area contributed by atoms with Gasteiger partial charge in [0.2, 0.25) is 5.91 Å². The summed E-state index contributed by atoms with van der Waals surface area (Å²) in [5, 5.41) is 10.9. The molecule has 0 radical (unpaired) electrons. The maximum absolute atomic E-state index is 11.8. The first kappa shape index (κ1) is 12.1. The Morgan fingerprint density at radius 1 is 1.56 bits per heavy atom. The first-order valence-electron chi connectivity index (χ1n) is 5.55. The van der Waals surface area contributed by atoms with Gasteiger partial charge >= 0.3 is 0 Å². The van der Waals surface area contributed by atoms with Crippen LogP contribution in [0.3, 0.4) is 0 Å². The molecule has 1 aromatic rings. The largest absolute Gasteiger partial charge is 0.311 e. The summed E-state index contributed by atoms with van der Waals surface area (Å²) in [5.41, 5.74) is 1.09. The molecule has 0 aliphatic carbocycles. The molecule has 18 heavy (non-hydrogen) atoms. The van der Waals surface area contributed by atoms with E-state index in [1.807, 2.05) is 0 Å².